The highest BCUT2D eigenvalue weighted by Gasteiger charge is 2.25. The number of nitro benzene ring substituents is 1. The van der Waals surface area contributed by atoms with Crippen LogP contribution in [0.4, 0.5) is 11.5 Å². The van der Waals surface area contributed by atoms with Crippen LogP contribution in [-0.4, -0.2) is 46.9 Å². The highest BCUT2D eigenvalue weighted by Crippen LogP contribution is 2.31. The Morgan fingerprint density at radius 2 is 1.52 bits per heavy atom. The molecule has 3 aromatic carbocycles. The normalized spacial score (nSPS) is 14.2. The number of carbonyl (C=O) groups excluding carboxylic acids is 1. The van der Waals surface area contributed by atoms with Gasteiger partial charge in [0.05, 0.1) is 10.4 Å². The van der Waals surface area contributed by atoms with Crippen molar-refractivity contribution in [3.63, 3.8) is 0 Å². The van der Waals surface area contributed by atoms with Crippen LogP contribution in [0.5, 0.6) is 0 Å². The Bertz CT molecular complexity index is 1310. The highest BCUT2D eigenvalue weighted by atomic mass is 16.6. The van der Waals surface area contributed by atoms with Gasteiger partial charge in [0.15, 0.2) is 0 Å². The number of carbonyl (C=O) groups is 1. The molecule has 0 spiro atoms. The summed E-state index contributed by atoms with van der Waals surface area (Å²) in [6.07, 6.45) is 0. The van der Waals surface area contributed by atoms with Gasteiger partial charge in [-0.1, -0.05) is 48.5 Å². The summed E-state index contributed by atoms with van der Waals surface area (Å²) >= 11 is 0. The Kier molecular flexibility index (Phi) is 4.71. The summed E-state index contributed by atoms with van der Waals surface area (Å²) in [6.45, 7) is 2.36. The van der Waals surface area contributed by atoms with E-state index in [2.05, 4.69) is 23.1 Å². The maximum atomic E-state index is 12.9. The second-order valence-corrected chi connectivity index (χ2v) is 7.58. The number of hydrogen-bond donors (Lipinski definition) is 0. The number of piperazine rings is 1. The van der Waals surface area contributed by atoms with E-state index in [0.717, 1.165) is 22.1 Å². The topological polar surface area (TPSA) is 79.6 Å². The predicted octanol–water partition coefficient (Wildman–Crippen LogP) is 4.26. The van der Waals surface area contributed by atoms with Gasteiger partial charge in [0.1, 0.15) is 5.82 Å². The lowest BCUT2D eigenvalue weighted by Gasteiger charge is -2.36. The average molecular weight is 412 g/mol. The average Bonchev–Trinajstić information content (AvgIpc) is 2.83. The fourth-order valence-electron chi connectivity index (χ4n) is 4.18. The number of aromatic nitrogens is 1. The molecule has 4 aromatic rings. The zero-order valence-corrected chi connectivity index (χ0v) is 16.8. The van der Waals surface area contributed by atoms with E-state index in [1.807, 2.05) is 30.3 Å². The number of nitrogens with zero attached hydrogens (tertiary/aromatic N) is 4. The Morgan fingerprint density at radius 1 is 0.839 bits per heavy atom. The number of rotatable bonds is 3. The van der Waals surface area contributed by atoms with E-state index in [1.165, 1.54) is 17.5 Å². The van der Waals surface area contributed by atoms with E-state index < -0.39 is 4.92 Å². The molecular formula is C24H20N4O3. The molecule has 1 aromatic heterocycles. The van der Waals surface area contributed by atoms with Crippen LogP contribution in [0.15, 0.2) is 72.8 Å². The lowest BCUT2D eigenvalue weighted by Crippen LogP contribution is -2.49. The van der Waals surface area contributed by atoms with E-state index >= 15 is 0 Å². The lowest BCUT2D eigenvalue weighted by molar-refractivity contribution is -0.384. The quantitative estimate of drug-likeness (QED) is 0.285. The maximum absolute atomic E-state index is 12.9. The molecule has 1 aliphatic rings. The summed E-state index contributed by atoms with van der Waals surface area (Å²) < 4.78 is 0. The molecule has 1 saturated heterocycles. The van der Waals surface area contributed by atoms with Gasteiger partial charge in [-0.15, -0.1) is 0 Å². The van der Waals surface area contributed by atoms with Crippen molar-refractivity contribution in [3.05, 3.63) is 88.5 Å². The summed E-state index contributed by atoms with van der Waals surface area (Å²) in [5, 5.41) is 14.4. The zero-order valence-electron chi connectivity index (χ0n) is 16.8. The maximum Gasteiger partial charge on any atom is 0.270 e. The van der Waals surface area contributed by atoms with Gasteiger partial charge in [0.2, 0.25) is 0 Å². The number of anilines is 1. The molecule has 1 amide bonds. The van der Waals surface area contributed by atoms with Crippen molar-refractivity contribution < 1.29 is 9.72 Å². The van der Waals surface area contributed by atoms with Crippen LogP contribution in [0.3, 0.4) is 0 Å². The first-order valence-corrected chi connectivity index (χ1v) is 10.2. The van der Waals surface area contributed by atoms with Crippen molar-refractivity contribution in [2.24, 2.45) is 0 Å². The molecule has 1 aliphatic heterocycles. The third kappa shape index (κ3) is 3.44. The smallest absolute Gasteiger partial charge is 0.270 e. The second-order valence-electron chi connectivity index (χ2n) is 7.58. The fraction of sp³-hybridized carbons (Fsp3) is 0.167. The van der Waals surface area contributed by atoms with Gasteiger partial charge in [-0.2, -0.15) is 0 Å². The van der Waals surface area contributed by atoms with Gasteiger partial charge in [0, 0.05) is 54.6 Å². The van der Waals surface area contributed by atoms with Crippen LogP contribution < -0.4 is 4.90 Å². The van der Waals surface area contributed by atoms with Gasteiger partial charge in [-0.25, -0.2) is 4.98 Å². The number of benzene rings is 3. The summed E-state index contributed by atoms with van der Waals surface area (Å²) in [5.74, 6) is 0.747. The molecule has 1 fully saturated rings. The van der Waals surface area contributed by atoms with E-state index in [1.54, 1.807) is 17.0 Å². The number of pyridine rings is 1. The zero-order chi connectivity index (χ0) is 21.4. The Hall–Kier alpha value is -4.00. The summed E-state index contributed by atoms with van der Waals surface area (Å²) in [5.41, 5.74) is 1.22. The van der Waals surface area contributed by atoms with Crippen molar-refractivity contribution in [3.8, 4) is 0 Å². The van der Waals surface area contributed by atoms with Crippen LogP contribution in [0.1, 0.15) is 10.4 Å². The van der Waals surface area contributed by atoms with Gasteiger partial charge >= 0.3 is 0 Å². The van der Waals surface area contributed by atoms with Crippen molar-refractivity contribution in [2.45, 2.75) is 0 Å². The molecule has 2 heterocycles. The molecule has 31 heavy (non-hydrogen) atoms. The van der Waals surface area contributed by atoms with Crippen LogP contribution in [0.25, 0.3) is 21.7 Å². The van der Waals surface area contributed by atoms with Crippen LogP contribution in [0.2, 0.25) is 0 Å². The van der Waals surface area contributed by atoms with Gasteiger partial charge in [-0.3, -0.25) is 14.9 Å². The van der Waals surface area contributed by atoms with Gasteiger partial charge < -0.3 is 9.80 Å². The number of nitro groups is 1. The number of para-hydroxylation sites is 1. The van der Waals surface area contributed by atoms with E-state index in [9.17, 15) is 14.9 Å². The van der Waals surface area contributed by atoms with Crippen LogP contribution >= 0.6 is 0 Å². The first kappa shape index (κ1) is 19.0. The third-order valence-electron chi connectivity index (χ3n) is 5.76. The van der Waals surface area contributed by atoms with Gasteiger partial charge in [0.25, 0.3) is 11.6 Å². The fourth-order valence-corrected chi connectivity index (χ4v) is 4.18. The van der Waals surface area contributed by atoms with Gasteiger partial charge in [-0.05, 0) is 17.5 Å². The minimum Gasteiger partial charge on any atom is -0.353 e. The van der Waals surface area contributed by atoms with Crippen LogP contribution in [-0.2, 0) is 0 Å². The SMILES string of the molecule is O=C(c1cccc([N+](=O)[O-])c1)N1CCN(c2nc3ccccc3c3ccccc23)CC1. The highest BCUT2D eigenvalue weighted by molar-refractivity contribution is 6.10. The van der Waals surface area contributed by atoms with E-state index in [4.69, 9.17) is 4.98 Å². The Labute approximate surface area is 178 Å². The van der Waals surface area contributed by atoms with E-state index in [-0.39, 0.29) is 11.6 Å². The number of hydrogen-bond acceptors (Lipinski definition) is 5. The first-order valence-electron chi connectivity index (χ1n) is 10.2. The Balaban J connectivity index is 1.41. The molecule has 0 atom stereocenters. The predicted molar refractivity (Wildman–Crippen MR) is 120 cm³/mol. The molecule has 0 aliphatic carbocycles. The van der Waals surface area contributed by atoms with E-state index in [0.29, 0.717) is 31.7 Å². The minimum absolute atomic E-state index is 0.0729. The van der Waals surface area contributed by atoms with Crippen molar-refractivity contribution in [2.75, 3.05) is 31.1 Å². The molecule has 0 N–H and O–H groups in total. The summed E-state index contributed by atoms with van der Waals surface area (Å²) in [6, 6.07) is 22.3. The number of amides is 1. The summed E-state index contributed by atoms with van der Waals surface area (Å²) in [4.78, 5) is 32.3. The standard InChI is InChI=1S/C24H20N4O3/c29-24(17-6-5-7-18(16-17)28(30)31)27-14-12-26(13-15-27)23-21-10-2-1-8-19(21)20-9-3-4-11-22(20)25-23/h1-11,16H,12-15H2. The molecule has 0 bridgehead atoms. The second kappa shape index (κ2) is 7.68. The Morgan fingerprint density at radius 3 is 2.26 bits per heavy atom. The van der Waals surface area contributed by atoms with Crippen molar-refractivity contribution in [1.29, 1.82) is 0 Å². The monoisotopic (exact) mass is 412 g/mol. The number of fused-ring (bicyclic) bond motifs is 3. The largest absolute Gasteiger partial charge is 0.353 e. The molecule has 7 heteroatoms. The first-order chi connectivity index (χ1) is 15.1. The summed E-state index contributed by atoms with van der Waals surface area (Å²) in [7, 11) is 0. The minimum atomic E-state index is -0.481. The van der Waals surface area contributed by atoms with Crippen molar-refractivity contribution >= 4 is 39.1 Å². The molecule has 0 radical (unpaired) electrons. The van der Waals surface area contributed by atoms with Crippen LogP contribution in [0, 0.1) is 10.1 Å². The third-order valence-corrected chi connectivity index (χ3v) is 5.76. The number of non-ortho nitro benzene ring substituents is 1. The molecule has 154 valence electrons. The van der Waals surface area contributed by atoms with Crippen molar-refractivity contribution in [1.82, 2.24) is 9.88 Å². The molecule has 0 saturated carbocycles. The molecule has 0 unspecified atom stereocenters. The molecular weight excluding hydrogens is 392 g/mol. The molecule has 7 nitrogen and oxygen atoms in total. The molecule has 5 rings (SSSR count). The lowest BCUT2D eigenvalue weighted by atomic mass is 10.1.